The molecule has 2 N–H and O–H groups in total. The van der Waals surface area contributed by atoms with Gasteiger partial charge in [0.2, 0.25) is 0 Å². The lowest BCUT2D eigenvalue weighted by Crippen LogP contribution is -2.22. The molecule has 5 heteroatoms. The van der Waals surface area contributed by atoms with E-state index < -0.39 is 5.97 Å². The summed E-state index contributed by atoms with van der Waals surface area (Å²) in [6.07, 6.45) is 0. The number of carbonyl (C=O) groups is 1. The maximum atomic E-state index is 10.8. The van der Waals surface area contributed by atoms with Crippen LogP contribution in [0.15, 0.2) is 30.3 Å². The summed E-state index contributed by atoms with van der Waals surface area (Å²) in [6, 6.07) is 8.89. The summed E-state index contributed by atoms with van der Waals surface area (Å²) in [5, 5.41) is 15.3. The van der Waals surface area contributed by atoms with Crippen molar-refractivity contribution in [2.24, 2.45) is 0 Å². The number of benzene rings is 1. The highest BCUT2D eigenvalue weighted by Gasteiger charge is 2.12. The zero-order valence-electron chi connectivity index (χ0n) is 11.1. The zero-order chi connectivity index (χ0) is 14.0. The van der Waals surface area contributed by atoms with Gasteiger partial charge in [-0.15, -0.1) is 0 Å². The number of hydrogen-bond donors (Lipinski definition) is 2. The van der Waals surface area contributed by atoms with E-state index in [4.69, 9.17) is 9.84 Å². The van der Waals surface area contributed by atoms with Crippen molar-refractivity contribution in [1.82, 2.24) is 10.2 Å². The number of rotatable bonds is 3. The fraction of sp³-hybridized carbons (Fsp3) is 0.286. The molecule has 0 unspecified atom stereocenters. The molecule has 0 amide bonds. The minimum absolute atomic E-state index is 0.0741. The van der Waals surface area contributed by atoms with Crippen LogP contribution < -0.4 is 4.74 Å². The molecule has 0 radical (unpaired) electrons. The first kappa shape index (κ1) is 13.1. The number of nitrogens with one attached hydrogen (secondary N) is 1. The molecule has 2 aromatic rings. The minimum Gasteiger partial charge on any atom is -0.488 e. The standard InChI is InChI=1S/C14H16N2O3/c1-14(2,3)19-10-6-4-9(5-7-10)11-8-12(13(17)18)16-15-11/h4-8H,1-3H3,(H,15,16)(H,17,18). The third-order valence-corrected chi connectivity index (χ3v) is 2.38. The first-order valence-corrected chi connectivity index (χ1v) is 5.93. The molecule has 0 saturated carbocycles. The van der Waals surface area contributed by atoms with E-state index >= 15 is 0 Å². The van der Waals surface area contributed by atoms with Gasteiger partial charge in [-0.3, -0.25) is 5.10 Å². The molecule has 0 aliphatic heterocycles. The fourth-order valence-electron chi connectivity index (χ4n) is 1.63. The Bertz CT molecular complexity index is 579. The number of nitrogens with zero attached hydrogens (tertiary/aromatic N) is 1. The average Bonchev–Trinajstić information content (AvgIpc) is 2.77. The van der Waals surface area contributed by atoms with Crippen molar-refractivity contribution < 1.29 is 14.6 Å². The molecule has 0 spiro atoms. The van der Waals surface area contributed by atoms with Crippen molar-refractivity contribution in [2.45, 2.75) is 26.4 Å². The Kier molecular flexibility index (Phi) is 3.29. The van der Waals surface area contributed by atoms with Gasteiger partial charge in [0.05, 0.1) is 5.69 Å². The number of carboxylic acids is 1. The largest absolute Gasteiger partial charge is 0.488 e. The second-order valence-corrected chi connectivity index (χ2v) is 5.21. The summed E-state index contributed by atoms with van der Waals surface area (Å²) in [7, 11) is 0. The molecule has 0 bridgehead atoms. The second kappa shape index (κ2) is 4.76. The Morgan fingerprint density at radius 3 is 2.37 bits per heavy atom. The molecule has 1 aromatic heterocycles. The topological polar surface area (TPSA) is 75.2 Å². The van der Waals surface area contributed by atoms with Crippen LogP contribution in [-0.4, -0.2) is 26.9 Å². The molecule has 1 aromatic carbocycles. The predicted octanol–water partition coefficient (Wildman–Crippen LogP) is 2.95. The number of aromatic carboxylic acids is 1. The first-order valence-electron chi connectivity index (χ1n) is 5.93. The van der Waals surface area contributed by atoms with E-state index in [0.717, 1.165) is 11.3 Å². The number of H-pyrrole nitrogens is 1. The van der Waals surface area contributed by atoms with E-state index in [1.165, 1.54) is 6.07 Å². The van der Waals surface area contributed by atoms with Gasteiger partial charge < -0.3 is 9.84 Å². The van der Waals surface area contributed by atoms with Crippen LogP contribution in [0.2, 0.25) is 0 Å². The van der Waals surface area contributed by atoms with Crippen molar-refractivity contribution in [3.05, 3.63) is 36.0 Å². The van der Waals surface area contributed by atoms with Crippen LogP contribution in [0.3, 0.4) is 0 Å². The summed E-state index contributed by atoms with van der Waals surface area (Å²) in [6.45, 7) is 5.94. The number of hydrogen-bond acceptors (Lipinski definition) is 3. The lowest BCUT2D eigenvalue weighted by atomic mass is 10.1. The summed E-state index contributed by atoms with van der Waals surface area (Å²) >= 11 is 0. The molecule has 0 atom stereocenters. The zero-order valence-corrected chi connectivity index (χ0v) is 11.1. The molecule has 19 heavy (non-hydrogen) atoms. The lowest BCUT2D eigenvalue weighted by molar-refractivity contribution is 0.0690. The van der Waals surface area contributed by atoms with Gasteiger partial charge >= 0.3 is 5.97 Å². The van der Waals surface area contributed by atoms with Crippen LogP contribution in [0.5, 0.6) is 5.75 Å². The van der Waals surface area contributed by atoms with Gasteiger partial charge in [0, 0.05) is 5.56 Å². The maximum absolute atomic E-state index is 10.8. The smallest absolute Gasteiger partial charge is 0.353 e. The van der Waals surface area contributed by atoms with E-state index in [9.17, 15) is 4.79 Å². The maximum Gasteiger partial charge on any atom is 0.353 e. The van der Waals surface area contributed by atoms with E-state index in [2.05, 4.69) is 10.2 Å². The van der Waals surface area contributed by atoms with Gasteiger partial charge in [0.1, 0.15) is 17.0 Å². The molecule has 2 rings (SSSR count). The van der Waals surface area contributed by atoms with Gasteiger partial charge in [-0.2, -0.15) is 5.10 Å². The third-order valence-electron chi connectivity index (χ3n) is 2.38. The second-order valence-electron chi connectivity index (χ2n) is 5.21. The SMILES string of the molecule is CC(C)(C)Oc1ccc(-c2cc(C(=O)O)[nH]n2)cc1. The van der Waals surface area contributed by atoms with E-state index in [1.54, 1.807) is 0 Å². The van der Waals surface area contributed by atoms with Gasteiger partial charge in [-0.05, 0) is 51.1 Å². The number of aromatic nitrogens is 2. The lowest BCUT2D eigenvalue weighted by Gasteiger charge is -2.21. The average molecular weight is 260 g/mol. The summed E-state index contributed by atoms with van der Waals surface area (Å²) < 4.78 is 5.71. The molecule has 0 aliphatic carbocycles. The van der Waals surface area contributed by atoms with Crippen LogP contribution in [0.25, 0.3) is 11.3 Å². The van der Waals surface area contributed by atoms with Crippen LogP contribution in [0, 0.1) is 0 Å². The molecule has 5 nitrogen and oxygen atoms in total. The third kappa shape index (κ3) is 3.34. The Balaban J connectivity index is 2.20. The minimum atomic E-state index is -1.02. The van der Waals surface area contributed by atoms with Crippen LogP contribution >= 0.6 is 0 Å². The predicted molar refractivity (Wildman–Crippen MR) is 71.4 cm³/mol. The van der Waals surface area contributed by atoms with E-state index in [-0.39, 0.29) is 11.3 Å². The van der Waals surface area contributed by atoms with Crippen LogP contribution in [0.1, 0.15) is 31.3 Å². The highest BCUT2D eigenvalue weighted by Crippen LogP contribution is 2.23. The number of aromatic amines is 1. The van der Waals surface area contributed by atoms with Crippen molar-refractivity contribution in [3.63, 3.8) is 0 Å². The molecule has 0 aliphatic rings. The normalized spacial score (nSPS) is 11.3. The van der Waals surface area contributed by atoms with Gasteiger partial charge in [-0.25, -0.2) is 4.79 Å². The summed E-state index contributed by atoms with van der Waals surface area (Å²) in [5.74, 6) is -0.253. The van der Waals surface area contributed by atoms with Gasteiger partial charge in [0.25, 0.3) is 0 Å². The molecular formula is C14H16N2O3. The Morgan fingerprint density at radius 1 is 1.26 bits per heavy atom. The Labute approximate surface area is 111 Å². The van der Waals surface area contributed by atoms with E-state index in [0.29, 0.717) is 5.69 Å². The van der Waals surface area contributed by atoms with E-state index in [1.807, 2.05) is 45.0 Å². The monoisotopic (exact) mass is 260 g/mol. The summed E-state index contributed by atoms with van der Waals surface area (Å²) in [5.41, 5.74) is 1.26. The van der Waals surface area contributed by atoms with Crippen LogP contribution in [0.4, 0.5) is 0 Å². The van der Waals surface area contributed by atoms with Crippen molar-refractivity contribution in [1.29, 1.82) is 0 Å². The highest BCUT2D eigenvalue weighted by atomic mass is 16.5. The quantitative estimate of drug-likeness (QED) is 0.889. The molecule has 1 heterocycles. The number of ether oxygens (including phenoxy) is 1. The molecular weight excluding hydrogens is 244 g/mol. The van der Waals surface area contributed by atoms with Crippen molar-refractivity contribution in [3.8, 4) is 17.0 Å². The van der Waals surface area contributed by atoms with Crippen molar-refractivity contribution in [2.75, 3.05) is 0 Å². The number of carboxylic acid groups (broad SMARTS) is 1. The van der Waals surface area contributed by atoms with Crippen molar-refractivity contribution >= 4 is 5.97 Å². The molecule has 100 valence electrons. The van der Waals surface area contributed by atoms with Crippen LogP contribution in [-0.2, 0) is 0 Å². The Hall–Kier alpha value is -2.30. The fourth-order valence-corrected chi connectivity index (χ4v) is 1.63. The van der Waals surface area contributed by atoms with Gasteiger partial charge in [-0.1, -0.05) is 0 Å². The Morgan fingerprint density at radius 2 is 1.89 bits per heavy atom. The highest BCUT2D eigenvalue weighted by molar-refractivity contribution is 5.86. The molecule has 0 saturated heterocycles. The first-order chi connectivity index (χ1) is 8.85. The summed E-state index contributed by atoms with van der Waals surface area (Å²) in [4.78, 5) is 10.8. The van der Waals surface area contributed by atoms with Gasteiger partial charge in [0.15, 0.2) is 0 Å². The molecule has 0 fully saturated rings.